The molecule has 106 valence electrons. The van der Waals surface area contributed by atoms with E-state index in [2.05, 4.69) is 17.3 Å². The van der Waals surface area contributed by atoms with Gasteiger partial charge < -0.3 is 11.1 Å². The summed E-state index contributed by atoms with van der Waals surface area (Å²) in [7, 11) is 1.82. The summed E-state index contributed by atoms with van der Waals surface area (Å²) in [4.78, 5) is 12.1. The smallest absolute Gasteiger partial charge is 0.241 e. The molecule has 1 saturated carbocycles. The molecule has 0 saturated heterocycles. The summed E-state index contributed by atoms with van der Waals surface area (Å²) in [5, 5.41) is 7.07. The minimum absolute atomic E-state index is 0.104. The third-order valence-electron chi connectivity index (χ3n) is 4.42. The lowest BCUT2D eigenvalue weighted by atomic mass is 9.83. The van der Waals surface area contributed by atoms with Gasteiger partial charge in [-0.1, -0.05) is 19.8 Å². The van der Waals surface area contributed by atoms with Crippen molar-refractivity contribution in [3.05, 3.63) is 18.0 Å². The van der Waals surface area contributed by atoms with E-state index in [1.165, 1.54) is 25.7 Å². The number of aryl methyl sites for hydroxylation is 1. The Bertz CT molecular complexity index is 434. The number of carbonyl (C=O) groups excluding carboxylic acids is 1. The Balaban J connectivity index is 1.90. The number of aromatic nitrogens is 2. The molecule has 1 fully saturated rings. The monoisotopic (exact) mass is 264 g/mol. The van der Waals surface area contributed by atoms with Gasteiger partial charge in [-0.25, -0.2) is 0 Å². The molecular weight excluding hydrogens is 240 g/mol. The molecule has 1 atom stereocenters. The molecule has 1 aromatic rings. The molecule has 0 aromatic carbocycles. The number of nitrogens with two attached hydrogens (primary N) is 1. The van der Waals surface area contributed by atoms with Gasteiger partial charge in [0.15, 0.2) is 0 Å². The van der Waals surface area contributed by atoms with Gasteiger partial charge in [-0.05, 0) is 24.7 Å². The van der Waals surface area contributed by atoms with E-state index in [9.17, 15) is 4.79 Å². The quantitative estimate of drug-likeness (QED) is 0.846. The lowest BCUT2D eigenvalue weighted by Gasteiger charge is -2.28. The fourth-order valence-electron chi connectivity index (χ4n) is 2.92. The van der Waals surface area contributed by atoms with Crippen molar-refractivity contribution in [3.8, 4) is 0 Å². The van der Waals surface area contributed by atoms with E-state index in [1.807, 2.05) is 7.05 Å². The van der Waals surface area contributed by atoms with Gasteiger partial charge in [0.25, 0.3) is 0 Å². The highest BCUT2D eigenvalue weighted by Crippen LogP contribution is 2.40. The maximum Gasteiger partial charge on any atom is 0.241 e. The van der Waals surface area contributed by atoms with Crippen LogP contribution in [0.5, 0.6) is 0 Å². The summed E-state index contributed by atoms with van der Waals surface area (Å²) in [6.07, 6.45) is 9.54. The second-order valence-electron chi connectivity index (χ2n) is 5.70. The van der Waals surface area contributed by atoms with Gasteiger partial charge in [-0.15, -0.1) is 0 Å². The number of carbonyl (C=O) groups is 1. The van der Waals surface area contributed by atoms with Crippen molar-refractivity contribution < 1.29 is 4.79 Å². The molecule has 0 spiro atoms. The Kier molecular flexibility index (Phi) is 4.24. The topological polar surface area (TPSA) is 72.9 Å². The Hall–Kier alpha value is -1.36. The van der Waals surface area contributed by atoms with Gasteiger partial charge in [0, 0.05) is 25.4 Å². The summed E-state index contributed by atoms with van der Waals surface area (Å²) in [5.41, 5.74) is 7.01. The van der Waals surface area contributed by atoms with Crippen LogP contribution in [-0.2, 0) is 11.8 Å². The molecule has 1 aliphatic rings. The van der Waals surface area contributed by atoms with E-state index < -0.39 is 6.04 Å². The van der Waals surface area contributed by atoms with Crippen LogP contribution in [-0.4, -0.2) is 22.2 Å². The van der Waals surface area contributed by atoms with E-state index in [1.54, 1.807) is 17.1 Å². The average molecular weight is 264 g/mol. The second kappa shape index (κ2) is 5.74. The first-order valence-electron chi connectivity index (χ1n) is 7.08. The number of nitrogens with one attached hydrogen (secondary N) is 1. The summed E-state index contributed by atoms with van der Waals surface area (Å²) >= 11 is 0. The van der Waals surface area contributed by atoms with Gasteiger partial charge in [-0.3, -0.25) is 9.48 Å². The van der Waals surface area contributed by atoms with E-state index in [4.69, 9.17) is 5.73 Å². The molecule has 2 rings (SSSR count). The van der Waals surface area contributed by atoms with Crippen LogP contribution in [0, 0.1) is 5.41 Å². The number of amides is 1. The minimum atomic E-state index is -0.621. The van der Waals surface area contributed by atoms with Crippen LogP contribution in [0.1, 0.15) is 50.6 Å². The minimum Gasteiger partial charge on any atom is -0.354 e. The molecule has 1 amide bonds. The summed E-state index contributed by atoms with van der Waals surface area (Å²) in [5.74, 6) is -0.104. The van der Waals surface area contributed by atoms with E-state index in [0.29, 0.717) is 5.41 Å². The molecule has 19 heavy (non-hydrogen) atoms. The third kappa shape index (κ3) is 3.15. The Morgan fingerprint density at radius 2 is 2.26 bits per heavy atom. The van der Waals surface area contributed by atoms with E-state index in [-0.39, 0.29) is 5.91 Å². The van der Waals surface area contributed by atoms with Crippen molar-refractivity contribution in [2.24, 2.45) is 18.2 Å². The van der Waals surface area contributed by atoms with Gasteiger partial charge in [-0.2, -0.15) is 5.10 Å². The fraction of sp³-hybridized carbons (Fsp3) is 0.714. The van der Waals surface area contributed by atoms with Crippen molar-refractivity contribution in [2.75, 3.05) is 6.54 Å². The van der Waals surface area contributed by atoms with Crippen molar-refractivity contribution in [3.63, 3.8) is 0 Å². The lowest BCUT2D eigenvalue weighted by molar-refractivity contribution is -0.123. The standard InChI is InChI=1S/C14H24N4O/c1-3-14(6-4-5-7-14)10-16-13(19)12(15)11-8-17-18(2)9-11/h8-9,12H,3-7,10,15H2,1-2H3,(H,16,19). The normalized spacial score (nSPS) is 19.3. The van der Waals surface area contributed by atoms with Gasteiger partial charge in [0.1, 0.15) is 6.04 Å². The maximum atomic E-state index is 12.1. The summed E-state index contributed by atoms with van der Waals surface area (Å²) < 4.78 is 1.66. The molecule has 1 aliphatic carbocycles. The van der Waals surface area contributed by atoms with Crippen LogP contribution >= 0.6 is 0 Å². The van der Waals surface area contributed by atoms with Crippen LogP contribution in [0.3, 0.4) is 0 Å². The van der Waals surface area contributed by atoms with Gasteiger partial charge in [0.05, 0.1) is 6.20 Å². The Morgan fingerprint density at radius 3 is 2.79 bits per heavy atom. The first-order chi connectivity index (χ1) is 9.06. The highest BCUT2D eigenvalue weighted by molar-refractivity contribution is 5.82. The van der Waals surface area contributed by atoms with Crippen molar-refractivity contribution in [1.82, 2.24) is 15.1 Å². The summed E-state index contributed by atoms with van der Waals surface area (Å²) in [6, 6.07) is -0.621. The van der Waals surface area contributed by atoms with Crippen molar-refractivity contribution in [1.29, 1.82) is 0 Å². The zero-order valence-electron chi connectivity index (χ0n) is 11.9. The van der Waals surface area contributed by atoms with E-state index >= 15 is 0 Å². The van der Waals surface area contributed by atoms with Crippen LogP contribution < -0.4 is 11.1 Å². The zero-order chi connectivity index (χ0) is 13.9. The van der Waals surface area contributed by atoms with Crippen LogP contribution in [0.4, 0.5) is 0 Å². The van der Waals surface area contributed by atoms with Crippen LogP contribution in [0.25, 0.3) is 0 Å². The predicted molar refractivity (Wildman–Crippen MR) is 74.3 cm³/mol. The van der Waals surface area contributed by atoms with Crippen molar-refractivity contribution in [2.45, 2.75) is 45.1 Å². The molecule has 0 bridgehead atoms. The Labute approximate surface area is 114 Å². The molecule has 1 unspecified atom stereocenters. The molecule has 1 aromatic heterocycles. The number of nitrogens with zero attached hydrogens (tertiary/aromatic N) is 2. The van der Waals surface area contributed by atoms with Gasteiger partial charge >= 0.3 is 0 Å². The third-order valence-corrected chi connectivity index (χ3v) is 4.42. The zero-order valence-corrected chi connectivity index (χ0v) is 11.9. The first kappa shape index (κ1) is 14.1. The summed E-state index contributed by atoms with van der Waals surface area (Å²) in [6.45, 7) is 2.95. The molecule has 1 heterocycles. The SMILES string of the molecule is CCC1(CNC(=O)C(N)c2cnn(C)c2)CCCC1. The van der Waals surface area contributed by atoms with E-state index in [0.717, 1.165) is 18.5 Å². The molecular formula is C14H24N4O. The highest BCUT2D eigenvalue weighted by atomic mass is 16.2. The first-order valence-corrected chi connectivity index (χ1v) is 7.08. The fourth-order valence-corrected chi connectivity index (χ4v) is 2.92. The molecule has 0 radical (unpaired) electrons. The largest absolute Gasteiger partial charge is 0.354 e. The number of hydrogen-bond donors (Lipinski definition) is 2. The molecule has 3 N–H and O–H groups in total. The number of hydrogen-bond acceptors (Lipinski definition) is 3. The number of rotatable bonds is 5. The molecule has 5 nitrogen and oxygen atoms in total. The molecule has 5 heteroatoms. The molecule has 0 aliphatic heterocycles. The second-order valence-corrected chi connectivity index (χ2v) is 5.70. The average Bonchev–Trinajstić information content (AvgIpc) is 3.04. The maximum absolute atomic E-state index is 12.1. The van der Waals surface area contributed by atoms with Gasteiger partial charge in [0.2, 0.25) is 5.91 Å². The van der Waals surface area contributed by atoms with Crippen molar-refractivity contribution >= 4 is 5.91 Å². The van der Waals surface area contributed by atoms with Crippen LogP contribution in [0.2, 0.25) is 0 Å². The lowest BCUT2D eigenvalue weighted by Crippen LogP contribution is -2.40. The van der Waals surface area contributed by atoms with Crippen LogP contribution in [0.15, 0.2) is 12.4 Å². The predicted octanol–water partition coefficient (Wildman–Crippen LogP) is 1.51. The highest BCUT2D eigenvalue weighted by Gasteiger charge is 2.32. The Morgan fingerprint density at radius 1 is 1.58 bits per heavy atom.